The minimum Gasteiger partial charge on any atom is -0.480 e. The lowest BCUT2D eigenvalue weighted by Gasteiger charge is -2.19. The number of nitrogens with two attached hydrogens (primary N) is 1. The molecule has 2 aromatic rings. The number of carboxylic acid groups (broad SMARTS) is 3. The summed E-state index contributed by atoms with van der Waals surface area (Å²) in [6, 6.07) is 9.48. The first-order valence-corrected chi connectivity index (χ1v) is 11.5. The minimum atomic E-state index is -5.08. The van der Waals surface area contributed by atoms with Crippen molar-refractivity contribution in [2.45, 2.75) is 37.8 Å². The number of carbonyl (C=O) groups excluding carboxylic acids is 1. The topological polar surface area (TPSA) is 191 Å². The molecule has 1 aromatic heterocycles. The van der Waals surface area contributed by atoms with Crippen LogP contribution in [0.3, 0.4) is 0 Å². The number of carboxylic acids is 3. The second-order valence-corrected chi connectivity index (χ2v) is 8.83. The second kappa shape index (κ2) is 14.3. The highest BCUT2D eigenvalue weighted by atomic mass is 32.1. The molecule has 11 nitrogen and oxygen atoms in total. The van der Waals surface area contributed by atoms with Crippen LogP contribution in [0.2, 0.25) is 0 Å². The number of nitrogen functional groups attached to an aromatic ring is 1. The van der Waals surface area contributed by atoms with Crippen molar-refractivity contribution in [2.75, 3.05) is 6.54 Å². The van der Waals surface area contributed by atoms with Gasteiger partial charge in [0.25, 0.3) is 0 Å². The highest BCUT2D eigenvalue weighted by Crippen LogP contribution is 2.25. The number of likely N-dealkylation sites (tertiary alicyclic amines) is 1. The molecule has 0 saturated carbocycles. The van der Waals surface area contributed by atoms with Crippen LogP contribution >= 0.6 is 11.3 Å². The molecule has 0 unspecified atom stereocenters. The number of hydrogen-bond donors (Lipinski definition) is 5. The van der Waals surface area contributed by atoms with Gasteiger partial charge < -0.3 is 25.8 Å². The zero-order chi connectivity index (χ0) is 30.8. The molecule has 0 amide bonds. The molecule has 1 fully saturated rings. The number of nitrogens with one attached hydrogen (secondary N) is 1. The molecule has 2 heterocycles. The van der Waals surface area contributed by atoms with Gasteiger partial charge in [0.2, 0.25) is 0 Å². The van der Waals surface area contributed by atoms with Crippen molar-refractivity contribution in [2.24, 2.45) is 5.73 Å². The highest BCUT2D eigenvalue weighted by molar-refractivity contribution is 7.13. The van der Waals surface area contributed by atoms with Crippen molar-refractivity contribution < 1.29 is 65.6 Å². The Morgan fingerprint density at radius 1 is 0.950 bits per heavy atom. The lowest BCUT2D eigenvalue weighted by Crippen LogP contribution is -2.35. The molecular weight excluding hydrogens is 580 g/mol. The molecule has 220 valence electrons. The fourth-order valence-electron chi connectivity index (χ4n) is 2.93. The number of amidine groups is 1. The lowest BCUT2D eigenvalue weighted by atomic mass is 10.2. The standard InChI is InChI=1S/C18H19N3O4S.2C2HF3O2/c19-16(20)11-3-5-12(6-4-11)25-18(24)15-8-7-13(26-15)10-21-9-1-2-14(21)17(22)23;2*3-2(4,5)1(6)7/h3-8,14H,1-2,9-10H2,(H3,19,20)(H,22,23);2*(H,6,7)/t14-;;/m1../s1. The van der Waals surface area contributed by atoms with E-state index in [0.717, 1.165) is 17.8 Å². The van der Waals surface area contributed by atoms with Crippen LogP contribution in [0.4, 0.5) is 26.3 Å². The first kappa shape index (κ1) is 33.8. The first-order chi connectivity index (χ1) is 18.3. The van der Waals surface area contributed by atoms with Crippen LogP contribution in [-0.2, 0) is 20.9 Å². The number of carbonyl (C=O) groups is 4. The maximum absolute atomic E-state index is 12.3. The smallest absolute Gasteiger partial charge is 0.480 e. The molecule has 1 aliphatic heterocycles. The Balaban J connectivity index is 0.000000473. The van der Waals surface area contributed by atoms with Gasteiger partial charge in [-0.1, -0.05) is 0 Å². The Morgan fingerprint density at radius 3 is 1.88 bits per heavy atom. The minimum absolute atomic E-state index is 0.0487. The third-order valence-electron chi connectivity index (χ3n) is 4.73. The molecule has 1 atom stereocenters. The molecule has 0 radical (unpaired) electrons. The van der Waals surface area contributed by atoms with Crippen LogP contribution in [0.25, 0.3) is 0 Å². The molecular formula is C22H21F6N3O8S. The molecule has 3 rings (SSSR count). The number of hydrogen-bond acceptors (Lipinski definition) is 8. The van der Waals surface area contributed by atoms with Crippen molar-refractivity contribution in [1.82, 2.24) is 4.90 Å². The number of aliphatic carboxylic acids is 3. The molecule has 1 aromatic carbocycles. The van der Waals surface area contributed by atoms with Crippen molar-refractivity contribution in [3.63, 3.8) is 0 Å². The summed E-state index contributed by atoms with van der Waals surface area (Å²) in [5.74, 6) is -6.45. The lowest BCUT2D eigenvalue weighted by molar-refractivity contribution is -0.193. The normalized spacial score (nSPS) is 15.1. The van der Waals surface area contributed by atoms with Crippen LogP contribution in [-0.4, -0.2) is 74.9 Å². The van der Waals surface area contributed by atoms with E-state index in [1.54, 1.807) is 30.3 Å². The molecule has 1 saturated heterocycles. The van der Waals surface area contributed by atoms with Crippen molar-refractivity contribution >= 4 is 41.0 Å². The van der Waals surface area contributed by atoms with E-state index in [4.69, 9.17) is 35.7 Å². The van der Waals surface area contributed by atoms with E-state index in [0.29, 0.717) is 29.2 Å². The van der Waals surface area contributed by atoms with E-state index in [1.165, 1.54) is 11.3 Å². The summed E-state index contributed by atoms with van der Waals surface area (Å²) >= 11 is 1.31. The van der Waals surface area contributed by atoms with Gasteiger partial charge in [-0.15, -0.1) is 11.3 Å². The maximum atomic E-state index is 12.3. The Bertz CT molecular complexity index is 1190. The number of benzene rings is 1. The van der Waals surface area contributed by atoms with Gasteiger partial charge in [0.1, 0.15) is 22.5 Å². The number of alkyl halides is 6. The average Bonchev–Trinajstić information content (AvgIpc) is 3.49. The predicted octanol–water partition coefficient (Wildman–Crippen LogP) is 3.57. The van der Waals surface area contributed by atoms with Crippen molar-refractivity contribution in [3.05, 3.63) is 51.7 Å². The molecule has 1 aliphatic rings. The Kier molecular flexibility index (Phi) is 12.1. The SMILES string of the molecule is N=C(N)c1ccc(OC(=O)c2ccc(CN3CCC[C@@H]3C(=O)O)s2)cc1.O=C(O)C(F)(F)F.O=C(O)C(F)(F)F. The molecule has 18 heteroatoms. The number of rotatable bonds is 6. The third kappa shape index (κ3) is 11.3. The van der Waals surface area contributed by atoms with E-state index >= 15 is 0 Å². The van der Waals surface area contributed by atoms with Gasteiger partial charge in [-0.3, -0.25) is 15.1 Å². The van der Waals surface area contributed by atoms with Crippen LogP contribution in [0.15, 0.2) is 36.4 Å². The molecule has 40 heavy (non-hydrogen) atoms. The zero-order valence-electron chi connectivity index (χ0n) is 20.0. The first-order valence-electron chi connectivity index (χ1n) is 10.6. The number of halogens is 6. The highest BCUT2D eigenvalue weighted by Gasteiger charge is 2.39. The number of ether oxygens (including phenoxy) is 1. The summed E-state index contributed by atoms with van der Waals surface area (Å²) < 4.78 is 68.8. The summed E-state index contributed by atoms with van der Waals surface area (Å²) in [5.41, 5.74) is 5.95. The summed E-state index contributed by atoms with van der Waals surface area (Å²) in [4.78, 5) is 44.6. The molecule has 0 bridgehead atoms. The van der Waals surface area contributed by atoms with Gasteiger partial charge >= 0.3 is 36.2 Å². The fraction of sp³-hybridized carbons (Fsp3) is 0.318. The monoisotopic (exact) mass is 601 g/mol. The van der Waals surface area contributed by atoms with Crippen molar-refractivity contribution in [1.29, 1.82) is 5.41 Å². The van der Waals surface area contributed by atoms with E-state index in [9.17, 15) is 41.0 Å². The molecule has 0 aliphatic carbocycles. The maximum Gasteiger partial charge on any atom is 0.490 e. The van der Waals surface area contributed by atoms with Gasteiger partial charge in [-0.25, -0.2) is 14.4 Å². The zero-order valence-corrected chi connectivity index (χ0v) is 20.8. The number of esters is 1. The second-order valence-electron chi connectivity index (χ2n) is 7.67. The summed E-state index contributed by atoms with van der Waals surface area (Å²) in [6.45, 7) is 1.26. The van der Waals surface area contributed by atoms with Gasteiger partial charge in [-0.2, -0.15) is 26.3 Å². The van der Waals surface area contributed by atoms with Crippen LogP contribution in [0.1, 0.15) is 33.0 Å². The number of thiophene rings is 1. The third-order valence-corrected chi connectivity index (χ3v) is 5.78. The largest absolute Gasteiger partial charge is 0.490 e. The van der Waals surface area contributed by atoms with Gasteiger partial charge in [0.05, 0.1) is 0 Å². The average molecular weight is 601 g/mol. The van der Waals surface area contributed by atoms with Gasteiger partial charge in [0.15, 0.2) is 0 Å². The molecule has 0 spiro atoms. The Labute approximate surface area is 224 Å². The van der Waals surface area contributed by atoms with Crippen LogP contribution in [0.5, 0.6) is 5.75 Å². The fourth-order valence-corrected chi connectivity index (χ4v) is 3.84. The van der Waals surface area contributed by atoms with Crippen molar-refractivity contribution in [3.8, 4) is 5.75 Å². The van der Waals surface area contributed by atoms with E-state index < -0.39 is 42.3 Å². The molecule has 6 N–H and O–H groups in total. The van der Waals surface area contributed by atoms with Crippen LogP contribution < -0.4 is 10.5 Å². The van der Waals surface area contributed by atoms with E-state index in [1.807, 2.05) is 11.0 Å². The quantitative estimate of drug-likeness (QED) is 0.108. The summed E-state index contributed by atoms with van der Waals surface area (Å²) in [6.07, 6.45) is -8.64. The Morgan fingerprint density at radius 2 is 1.45 bits per heavy atom. The van der Waals surface area contributed by atoms with Crippen LogP contribution in [0, 0.1) is 5.41 Å². The predicted molar refractivity (Wildman–Crippen MR) is 125 cm³/mol. The summed E-state index contributed by atoms with van der Waals surface area (Å²) in [7, 11) is 0. The summed E-state index contributed by atoms with van der Waals surface area (Å²) in [5, 5.41) is 30.8. The number of nitrogens with zero attached hydrogens (tertiary/aromatic N) is 1. The Hall–Kier alpha value is -4.19. The van der Waals surface area contributed by atoms with Gasteiger partial charge in [0, 0.05) is 17.0 Å². The van der Waals surface area contributed by atoms with E-state index in [2.05, 4.69) is 0 Å². The van der Waals surface area contributed by atoms with E-state index in [-0.39, 0.29) is 5.84 Å². The van der Waals surface area contributed by atoms with Gasteiger partial charge in [-0.05, 0) is 55.8 Å².